The lowest BCUT2D eigenvalue weighted by Crippen LogP contribution is -2.38. The van der Waals surface area contributed by atoms with Crippen molar-refractivity contribution in [3.05, 3.63) is 48.5 Å². The van der Waals surface area contributed by atoms with Gasteiger partial charge in [-0.2, -0.15) is 0 Å². The molecule has 5 nitrogen and oxygen atoms in total. The highest BCUT2D eigenvalue weighted by Crippen LogP contribution is 2.28. The molecule has 1 saturated heterocycles. The van der Waals surface area contributed by atoms with Gasteiger partial charge in [0.05, 0.1) is 18.9 Å². The fraction of sp³-hybridized carbons (Fsp3) is 0.474. The van der Waals surface area contributed by atoms with Crippen LogP contribution < -0.4 is 0 Å². The topological polar surface area (TPSA) is 58.4 Å². The molecule has 128 valence electrons. The minimum atomic E-state index is -0.313. The van der Waals surface area contributed by atoms with E-state index in [0.29, 0.717) is 25.9 Å². The molecule has 1 aromatic heterocycles. The van der Waals surface area contributed by atoms with Gasteiger partial charge in [-0.15, -0.1) is 0 Å². The fourth-order valence-corrected chi connectivity index (χ4v) is 3.40. The molecule has 1 amide bonds. The second-order valence-electron chi connectivity index (χ2n) is 7.44. The van der Waals surface area contributed by atoms with Crippen LogP contribution in [0.15, 0.2) is 43.0 Å². The van der Waals surface area contributed by atoms with E-state index in [0.717, 1.165) is 17.7 Å². The molecule has 0 aliphatic carbocycles. The molecule has 3 rings (SSSR count). The molecule has 2 heterocycles. The van der Waals surface area contributed by atoms with Crippen molar-refractivity contribution in [1.29, 1.82) is 0 Å². The molecule has 1 unspecified atom stereocenters. The zero-order chi connectivity index (χ0) is 17.2. The molecule has 1 fully saturated rings. The highest BCUT2D eigenvalue weighted by molar-refractivity contribution is 5.79. The van der Waals surface area contributed by atoms with Gasteiger partial charge in [-0.05, 0) is 36.0 Å². The fourth-order valence-electron chi connectivity index (χ4n) is 3.40. The second kappa shape index (κ2) is 6.77. The number of carbonyl (C=O) groups excluding carboxylic acids is 1. The zero-order valence-electron chi connectivity index (χ0n) is 14.4. The molecule has 1 aliphatic rings. The van der Waals surface area contributed by atoms with Crippen molar-refractivity contribution in [3.8, 4) is 5.69 Å². The molecule has 1 atom stereocenters. The van der Waals surface area contributed by atoms with Gasteiger partial charge in [-0.25, -0.2) is 4.98 Å². The maximum absolute atomic E-state index is 12.7. The maximum atomic E-state index is 12.7. The quantitative estimate of drug-likeness (QED) is 0.942. The first kappa shape index (κ1) is 16.7. The van der Waals surface area contributed by atoms with Gasteiger partial charge in [-0.3, -0.25) is 4.79 Å². The summed E-state index contributed by atoms with van der Waals surface area (Å²) in [4.78, 5) is 18.6. The first-order chi connectivity index (χ1) is 11.4. The van der Waals surface area contributed by atoms with Crippen LogP contribution in [-0.4, -0.2) is 44.7 Å². The van der Waals surface area contributed by atoms with E-state index < -0.39 is 0 Å². The largest absolute Gasteiger partial charge is 0.393 e. The summed E-state index contributed by atoms with van der Waals surface area (Å²) in [6, 6.07) is 7.98. The van der Waals surface area contributed by atoms with Crippen molar-refractivity contribution in [2.45, 2.75) is 39.2 Å². The standard InChI is InChI=1S/C19H25N3O2/c1-19(2)12-17(23)7-9-21(13-19)18(24)11-15-3-5-16(6-4-15)22-10-8-20-14-22/h3-6,8,10,14,17,23H,7,9,11-13H2,1-2H3. The van der Waals surface area contributed by atoms with Gasteiger partial charge in [0, 0.05) is 31.2 Å². The van der Waals surface area contributed by atoms with Gasteiger partial charge in [0.25, 0.3) is 0 Å². The van der Waals surface area contributed by atoms with Gasteiger partial charge in [0.15, 0.2) is 0 Å². The smallest absolute Gasteiger partial charge is 0.227 e. The van der Waals surface area contributed by atoms with E-state index in [1.807, 2.05) is 39.9 Å². The SMILES string of the molecule is CC1(C)CC(O)CCN(C(=O)Cc2ccc(-n3ccnc3)cc2)C1. The van der Waals surface area contributed by atoms with E-state index in [1.165, 1.54) is 0 Å². The van der Waals surface area contributed by atoms with E-state index in [9.17, 15) is 9.90 Å². The van der Waals surface area contributed by atoms with Gasteiger partial charge >= 0.3 is 0 Å². The third-order valence-corrected chi connectivity index (χ3v) is 4.59. The number of hydrogen-bond acceptors (Lipinski definition) is 3. The summed E-state index contributed by atoms with van der Waals surface area (Å²) < 4.78 is 1.93. The van der Waals surface area contributed by atoms with Gasteiger partial charge < -0.3 is 14.6 Å². The van der Waals surface area contributed by atoms with Crippen molar-refractivity contribution >= 4 is 5.91 Å². The molecular formula is C19H25N3O2. The number of rotatable bonds is 3. The number of benzene rings is 1. The van der Waals surface area contributed by atoms with E-state index >= 15 is 0 Å². The van der Waals surface area contributed by atoms with Crippen molar-refractivity contribution in [1.82, 2.24) is 14.5 Å². The number of nitrogens with zero attached hydrogens (tertiary/aromatic N) is 3. The highest BCUT2D eigenvalue weighted by atomic mass is 16.3. The molecule has 0 radical (unpaired) electrons. The molecule has 2 aromatic rings. The van der Waals surface area contributed by atoms with Crippen molar-refractivity contribution < 1.29 is 9.90 Å². The lowest BCUT2D eigenvalue weighted by Gasteiger charge is -2.29. The molecule has 1 aromatic carbocycles. The molecule has 0 bridgehead atoms. The number of likely N-dealkylation sites (tertiary alicyclic amines) is 1. The first-order valence-corrected chi connectivity index (χ1v) is 8.46. The average Bonchev–Trinajstić information content (AvgIpc) is 3.01. The van der Waals surface area contributed by atoms with E-state index in [2.05, 4.69) is 18.8 Å². The van der Waals surface area contributed by atoms with Crippen LogP contribution in [-0.2, 0) is 11.2 Å². The number of hydrogen-bond donors (Lipinski definition) is 1. The van der Waals surface area contributed by atoms with Crippen LogP contribution in [0.25, 0.3) is 5.69 Å². The lowest BCUT2D eigenvalue weighted by atomic mass is 9.87. The Kier molecular flexibility index (Phi) is 4.71. The molecule has 0 spiro atoms. The Morgan fingerprint density at radius 2 is 2.08 bits per heavy atom. The Labute approximate surface area is 142 Å². The molecule has 1 N–H and O–H groups in total. The number of aliphatic hydroxyl groups is 1. The van der Waals surface area contributed by atoms with E-state index in [-0.39, 0.29) is 17.4 Å². The lowest BCUT2D eigenvalue weighted by molar-refractivity contribution is -0.131. The monoisotopic (exact) mass is 327 g/mol. The van der Waals surface area contributed by atoms with Crippen LogP contribution in [0.3, 0.4) is 0 Å². The number of aliphatic hydroxyl groups excluding tert-OH is 1. The Balaban J connectivity index is 1.66. The van der Waals surface area contributed by atoms with Gasteiger partial charge in [-0.1, -0.05) is 26.0 Å². The summed E-state index contributed by atoms with van der Waals surface area (Å²) in [5, 5.41) is 9.99. The van der Waals surface area contributed by atoms with Crippen molar-refractivity contribution in [3.63, 3.8) is 0 Å². The van der Waals surface area contributed by atoms with Crippen LogP contribution in [0.5, 0.6) is 0 Å². The predicted molar refractivity (Wildman–Crippen MR) is 92.9 cm³/mol. The Hall–Kier alpha value is -2.14. The minimum absolute atomic E-state index is 0.0448. The zero-order valence-corrected chi connectivity index (χ0v) is 14.4. The van der Waals surface area contributed by atoms with Crippen LogP contribution in [0.2, 0.25) is 0 Å². The highest BCUT2D eigenvalue weighted by Gasteiger charge is 2.31. The van der Waals surface area contributed by atoms with E-state index in [1.54, 1.807) is 12.5 Å². The molecule has 0 saturated carbocycles. The van der Waals surface area contributed by atoms with E-state index in [4.69, 9.17) is 0 Å². The molecular weight excluding hydrogens is 302 g/mol. The summed E-state index contributed by atoms with van der Waals surface area (Å²) in [7, 11) is 0. The maximum Gasteiger partial charge on any atom is 0.227 e. The normalized spacial score (nSPS) is 20.6. The Morgan fingerprint density at radius 3 is 2.75 bits per heavy atom. The number of carbonyl (C=O) groups is 1. The van der Waals surface area contributed by atoms with Crippen LogP contribution in [0, 0.1) is 5.41 Å². The summed E-state index contributed by atoms with van der Waals surface area (Å²) in [6.07, 6.45) is 6.89. The second-order valence-corrected chi connectivity index (χ2v) is 7.44. The Morgan fingerprint density at radius 1 is 1.33 bits per heavy atom. The first-order valence-electron chi connectivity index (χ1n) is 8.46. The van der Waals surface area contributed by atoms with Crippen molar-refractivity contribution in [2.75, 3.05) is 13.1 Å². The van der Waals surface area contributed by atoms with Crippen LogP contribution in [0.4, 0.5) is 0 Å². The summed E-state index contributed by atoms with van der Waals surface area (Å²) in [5.41, 5.74) is 1.99. The van der Waals surface area contributed by atoms with Gasteiger partial charge in [0.1, 0.15) is 0 Å². The number of amides is 1. The van der Waals surface area contributed by atoms with Crippen molar-refractivity contribution in [2.24, 2.45) is 5.41 Å². The third-order valence-electron chi connectivity index (χ3n) is 4.59. The number of imidazole rings is 1. The molecule has 5 heteroatoms. The third kappa shape index (κ3) is 4.03. The molecule has 24 heavy (non-hydrogen) atoms. The Bertz CT molecular complexity index is 677. The van der Waals surface area contributed by atoms with Crippen LogP contribution in [0.1, 0.15) is 32.3 Å². The summed E-state index contributed by atoms with van der Waals surface area (Å²) in [5.74, 6) is 0.132. The number of aromatic nitrogens is 2. The summed E-state index contributed by atoms with van der Waals surface area (Å²) in [6.45, 7) is 5.57. The minimum Gasteiger partial charge on any atom is -0.393 e. The van der Waals surface area contributed by atoms with Crippen LogP contribution >= 0.6 is 0 Å². The van der Waals surface area contributed by atoms with Gasteiger partial charge in [0.2, 0.25) is 5.91 Å². The average molecular weight is 327 g/mol. The molecule has 1 aliphatic heterocycles. The predicted octanol–water partition coefficient (Wildman–Crippen LogP) is 2.42. The summed E-state index contributed by atoms with van der Waals surface area (Å²) >= 11 is 0.